The lowest BCUT2D eigenvalue weighted by Crippen LogP contribution is -2.23. The fraction of sp³-hybridized carbons (Fsp3) is 0.130. The molecule has 32 heavy (non-hydrogen) atoms. The van der Waals surface area contributed by atoms with Crippen LogP contribution < -0.4 is 16.4 Å². The van der Waals surface area contributed by atoms with Crippen molar-refractivity contribution in [2.24, 2.45) is 0 Å². The number of carboxylic acid groups (broad SMARTS) is 1. The van der Waals surface area contributed by atoms with Crippen molar-refractivity contribution >= 4 is 29.3 Å². The Labute approximate surface area is 185 Å². The largest absolute Gasteiger partial charge is 0.481 e. The zero-order chi connectivity index (χ0) is 23.3. The Morgan fingerprint density at radius 2 is 1.69 bits per heavy atom. The van der Waals surface area contributed by atoms with Crippen LogP contribution in [0, 0.1) is 0 Å². The first-order chi connectivity index (χ1) is 15.3. The SMILES string of the molecule is CC(=O)O.Nc1ccccc1NC(=O)c1ccc(CNC(=O)OCc2cccnc2)cc1. The predicted molar refractivity (Wildman–Crippen MR) is 120 cm³/mol. The number of carbonyl (C=O) groups is 3. The van der Waals surface area contributed by atoms with Crippen molar-refractivity contribution in [3.63, 3.8) is 0 Å². The summed E-state index contributed by atoms with van der Waals surface area (Å²) < 4.78 is 5.12. The van der Waals surface area contributed by atoms with Crippen LogP contribution in [-0.2, 0) is 22.7 Å². The molecule has 2 amide bonds. The second kappa shape index (κ2) is 12.3. The Hall–Kier alpha value is -4.40. The van der Waals surface area contributed by atoms with Gasteiger partial charge in [-0.15, -0.1) is 0 Å². The highest BCUT2D eigenvalue weighted by atomic mass is 16.5. The monoisotopic (exact) mass is 436 g/mol. The first kappa shape index (κ1) is 23.9. The van der Waals surface area contributed by atoms with Crippen LogP contribution >= 0.6 is 0 Å². The second-order valence-electron chi connectivity index (χ2n) is 6.55. The molecule has 166 valence electrons. The zero-order valence-electron chi connectivity index (χ0n) is 17.4. The van der Waals surface area contributed by atoms with E-state index in [1.165, 1.54) is 0 Å². The molecule has 3 rings (SSSR count). The molecule has 0 radical (unpaired) electrons. The molecule has 0 fully saturated rings. The number of alkyl carbamates (subject to hydrolysis) is 1. The van der Waals surface area contributed by atoms with Crippen molar-refractivity contribution in [1.82, 2.24) is 10.3 Å². The van der Waals surface area contributed by atoms with Crippen molar-refractivity contribution in [3.05, 3.63) is 89.7 Å². The van der Waals surface area contributed by atoms with Crippen LogP contribution in [0.4, 0.5) is 16.2 Å². The van der Waals surface area contributed by atoms with E-state index in [4.69, 9.17) is 20.4 Å². The predicted octanol–water partition coefficient (Wildman–Crippen LogP) is 3.43. The number of carboxylic acids is 1. The topological polar surface area (TPSA) is 144 Å². The van der Waals surface area contributed by atoms with Gasteiger partial charge < -0.3 is 26.2 Å². The lowest BCUT2D eigenvalue weighted by atomic mass is 10.1. The lowest BCUT2D eigenvalue weighted by Gasteiger charge is -2.09. The van der Waals surface area contributed by atoms with E-state index >= 15 is 0 Å². The van der Waals surface area contributed by atoms with Crippen LogP contribution in [0.1, 0.15) is 28.4 Å². The highest BCUT2D eigenvalue weighted by molar-refractivity contribution is 6.05. The maximum atomic E-state index is 12.3. The number of aliphatic carboxylic acids is 1. The summed E-state index contributed by atoms with van der Waals surface area (Å²) in [6.07, 6.45) is 2.77. The van der Waals surface area contributed by atoms with Crippen LogP contribution in [0.3, 0.4) is 0 Å². The summed E-state index contributed by atoms with van der Waals surface area (Å²) in [4.78, 5) is 37.0. The van der Waals surface area contributed by atoms with Crippen molar-refractivity contribution in [3.8, 4) is 0 Å². The molecule has 0 saturated heterocycles. The smallest absolute Gasteiger partial charge is 0.407 e. The number of anilines is 2. The fourth-order valence-electron chi connectivity index (χ4n) is 2.44. The van der Waals surface area contributed by atoms with Gasteiger partial charge in [-0.2, -0.15) is 0 Å². The summed E-state index contributed by atoms with van der Waals surface area (Å²) in [5.74, 6) is -1.09. The summed E-state index contributed by atoms with van der Waals surface area (Å²) in [7, 11) is 0. The Balaban J connectivity index is 0.000000837. The minimum atomic E-state index is -0.833. The number of hydrogen-bond acceptors (Lipinski definition) is 6. The summed E-state index contributed by atoms with van der Waals surface area (Å²) in [5, 5.41) is 12.9. The summed E-state index contributed by atoms with van der Waals surface area (Å²) >= 11 is 0. The van der Waals surface area contributed by atoms with E-state index in [2.05, 4.69) is 15.6 Å². The molecular weight excluding hydrogens is 412 g/mol. The van der Waals surface area contributed by atoms with E-state index in [-0.39, 0.29) is 12.5 Å². The number of ether oxygens (including phenoxy) is 1. The van der Waals surface area contributed by atoms with Gasteiger partial charge >= 0.3 is 6.09 Å². The molecule has 3 aromatic rings. The number of hydrogen-bond donors (Lipinski definition) is 4. The highest BCUT2D eigenvalue weighted by Gasteiger charge is 2.08. The van der Waals surface area contributed by atoms with Crippen LogP contribution in [0.15, 0.2) is 73.1 Å². The Morgan fingerprint density at radius 1 is 1.00 bits per heavy atom. The fourth-order valence-corrected chi connectivity index (χ4v) is 2.44. The minimum absolute atomic E-state index is 0.154. The molecule has 0 spiro atoms. The molecule has 2 aromatic carbocycles. The van der Waals surface area contributed by atoms with E-state index in [0.29, 0.717) is 23.5 Å². The quantitative estimate of drug-likeness (QED) is 0.433. The molecule has 9 heteroatoms. The lowest BCUT2D eigenvalue weighted by molar-refractivity contribution is -0.134. The molecular formula is C23H24N4O5. The van der Waals surface area contributed by atoms with Gasteiger partial charge in [-0.1, -0.05) is 30.3 Å². The number of aromatic nitrogens is 1. The maximum absolute atomic E-state index is 12.3. The van der Waals surface area contributed by atoms with Crippen molar-refractivity contribution in [1.29, 1.82) is 0 Å². The molecule has 5 N–H and O–H groups in total. The van der Waals surface area contributed by atoms with Gasteiger partial charge in [0.05, 0.1) is 11.4 Å². The Bertz CT molecular complexity index is 1040. The number of rotatable bonds is 6. The number of amides is 2. The molecule has 9 nitrogen and oxygen atoms in total. The van der Waals surface area contributed by atoms with Crippen molar-refractivity contribution < 1.29 is 24.2 Å². The van der Waals surface area contributed by atoms with E-state index in [1.807, 2.05) is 6.07 Å². The highest BCUT2D eigenvalue weighted by Crippen LogP contribution is 2.18. The number of pyridine rings is 1. The number of nitrogen functional groups attached to an aromatic ring is 1. The van der Waals surface area contributed by atoms with Gasteiger partial charge in [-0.05, 0) is 35.9 Å². The molecule has 0 unspecified atom stereocenters. The zero-order valence-corrected chi connectivity index (χ0v) is 17.4. The molecule has 0 saturated carbocycles. The number of nitrogens with two attached hydrogens (primary N) is 1. The van der Waals surface area contributed by atoms with Gasteiger partial charge in [0.2, 0.25) is 0 Å². The van der Waals surface area contributed by atoms with Gasteiger partial charge in [0, 0.05) is 37.0 Å². The molecule has 0 aliphatic heterocycles. The first-order valence-corrected chi connectivity index (χ1v) is 9.59. The number of benzene rings is 2. The van der Waals surface area contributed by atoms with E-state index in [0.717, 1.165) is 18.1 Å². The summed E-state index contributed by atoms with van der Waals surface area (Å²) in [5.41, 5.74) is 9.04. The Morgan fingerprint density at radius 3 is 2.31 bits per heavy atom. The Kier molecular flexibility index (Phi) is 9.20. The number of para-hydroxylation sites is 2. The maximum Gasteiger partial charge on any atom is 0.407 e. The normalized spacial score (nSPS) is 9.66. The van der Waals surface area contributed by atoms with Crippen LogP contribution in [-0.4, -0.2) is 28.1 Å². The second-order valence-corrected chi connectivity index (χ2v) is 6.55. The number of carbonyl (C=O) groups excluding carboxylic acids is 2. The molecule has 0 aliphatic rings. The summed E-state index contributed by atoms with van der Waals surface area (Å²) in [6, 6.07) is 17.6. The number of nitrogens with one attached hydrogen (secondary N) is 2. The standard InChI is InChI=1S/C21H20N4O3.C2H4O2/c22-18-5-1-2-6-19(18)25-20(26)17-9-7-15(8-10-17)13-24-21(27)28-14-16-4-3-11-23-12-16;1-2(3)4/h1-12H,13-14,22H2,(H,24,27)(H,25,26);1H3,(H,3,4). The van der Waals surface area contributed by atoms with Gasteiger partial charge in [0.25, 0.3) is 11.9 Å². The van der Waals surface area contributed by atoms with Crippen LogP contribution in [0.5, 0.6) is 0 Å². The van der Waals surface area contributed by atoms with Gasteiger partial charge in [0.1, 0.15) is 6.61 Å². The van der Waals surface area contributed by atoms with E-state index < -0.39 is 12.1 Å². The van der Waals surface area contributed by atoms with Crippen molar-refractivity contribution in [2.45, 2.75) is 20.1 Å². The van der Waals surface area contributed by atoms with Crippen LogP contribution in [0.25, 0.3) is 0 Å². The molecule has 1 heterocycles. The summed E-state index contributed by atoms with van der Waals surface area (Å²) in [6.45, 7) is 1.53. The van der Waals surface area contributed by atoms with Crippen molar-refractivity contribution in [2.75, 3.05) is 11.1 Å². The molecule has 1 aromatic heterocycles. The first-order valence-electron chi connectivity index (χ1n) is 9.59. The molecule has 0 bridgehead atoms. The third-order valence-corrected chi connectivity index (χ3v) is 3.95. The van der Waals surface area contributed by atoms with Gasteiger partial charge in [-0.3, -0.25) is 14.6 Å². The van der Waals surface area contributed by atoms with Gasteiger partial charge in [-0.25, -0.2) is 4.79 Å². The average molecular weight is 436 g/mol. The molecule has 0 aliphatic carbocycles. The number of nitrogens with zero attached hydrogens (tertiary/aromatic N) is 1. The third-order valence-electron chi connectivity index (χ3n) is 3.95. The van der Waals surface area contributed by atoms with Gasteiger partial charge in [0.15, 0.2) is 0 Å². The van der Waals surface area contributed by atoms with E-state index in [1.54, 1.807) is 67.0 Å². The van der Waals surface area contributed by atoms with Crippen LogP contribution in [0.2, 0.25) is 0 Å². The third kappa shape index (κ3) is 8.54. The van der Waals surface area contributed by atoms with E-state index in [9.17, 15) is 9.59 Å². The molecule has 0 atom stereocenters. The average Bonchev–Trinajstić information content (AvgIpc) is 2.78. The minimum Gasteiger partial charge on any atom is -0.481 e.